The first-order valence-corrected chi connectivity index (χ1v) is 9.76. The molecule has 9 heteroatoms. The number of nitrogens with one attached hydrogen (secondary N) is 1. The summed E-state index contributed by atoms with van der Waals surface area (Å²) in [6.07, 6.45) is 0.939. The van der Waals surface area contributed by atoms with Crippen LogP contribution in [-0.2, 0) is 20.6 Å². The lowest BCUT2D eigenvalue weighted by atomic mass is 10.2. The summed E-state index contributed by atoms with van der Waals surface area (Å²) in [5, 5.41) is 13.4. The highest BCUT2D eigenvalue weighted by Gasteiger charge is 2.27. The molecule has 0 atom stereocenters. The van der Waals surface area contributed by atoms with Crippen LogP contribution < -0.4 is 21.5 Å². The molecule has 0 aliphatic carbocycles. The van der Waals surface area contributed by atoms with Crippen molar-refractivity contribution < 1.29 is 0 Å². The van der Waals surface area contributed by atoms with Crippen molar-refractivity contribution in [3.05, 3.63) is 62.3 Å². The number of aryl methyl sites for hydroxylation is 1. The van der Waals surface area contributed by atoms with Gasteiger partial charge in [-0.1, -0.05) is 30.3 Å². The van der Waals surface area contributed by atoms with E-state index >= 15 is 0 Å². The van der Waals surface area contributed by atoms with Crippen molar-refractivity contribution in [2.24, 2.45) is 14.1 Å². The molecule has 1 aliphatic heterocycles. The zero-order valence-electron chi connectivity index (χ0n) is 17.1. The number of halogens is 1. The molecule has 8 nitrogen and oxygen atoms in total. The minimum Gasteiger partial charge on any atom is -0.356 e. The number of hydrogen-bond donors (Lipinski definition) is 1. The Morgan fingerprint density at radius 1 is 1.03 bits per heavy atom. The van der Waals surface area contributed by atoms with Gasteiger partial charge >= 0.3 is 5.69 Å². The van der Waals surface area contributed by atoms with Crippen molar-refractivity contribution in [1.82, 2.24) is 19.0 Å². The molecule has 1 fully saturated rings. The van der Waals surface area contributed by atoms with Crippen molar-refractivity contribution >= 4 is 29.3 Å². The van der Waals surface area contributed by atoms with Gasteiger partial charge in [0.2, 0.25) is 0 Å². The Morgan fingerprint density at radius 2 is 1.77 bits per heavy atom. The zero-order chi connectivity index (χ0) is 20.5. The normalized spacial score (nSPS) is 14.2. The van der Waals surface area contributed by atoms with Gasteiger partial charge in [-0.15, -0.1) is 12.4 Å². The maximum Gasteiger partial charge on any atom is 0.331 e. The van der Waals surface area contributed by atoms with Crippen LogP contribution >= 0.6 is 12.4 Å². The van der Waals surface area contributed by atoms with Gasteiger partial charge in [0.25, 0.3) is 5.56 Å². The molecule has 3 aromatic rings. The minimum atomic E-state index is -0.431. The SMILES string of the molecule is Cl.Cn1c(=O)c2c(c(C#N)c(N3CCCNCC3)n2Cc2ccccc2)n(C)c1=O. The molecule has 0 spiro atoms. The van der Waals surface area contributed by atoms with Crippen LogP contribution in [-0.4, -0.2) is 39.9 Å². The van der Waals surface area contributed by atoms with Gasteiger partial charge in [-0.2, -0.15) is 5.26 Å². The van der Waals surface area contributed by atoms with E-state index in [2.05, 4.69) is 16.3 Å². The molecule has 0 saturated carbocycles. The minimum absolute atomic E-state index is 0. The van der Waals surface area contributed by atoms with Gasteiger partial charge in [-0.3, -0.25) is 13.9 Å². The van der Waals surface area contributed by atoms with E-state index in [4.69, 9.17) is 0 Å². The van der Waals surface area contributed by atoms with Gasteiger partial charge < -0.3 is 14.8 Å². The molecule has 1 N–H and O–H groups in total. The lowest BCUT2D eigenvalue weighted by Crippen LogP contribution is -2.37. The number of hydrogen-bond acceptors (Lipinski definition) is 5. The number of rotatable bonds is 3. The summed E-state index contributed by atoms with van der Waals surface area (Å²) < 4.78 is 4.44. The molecule has 1 aromatic carbocycles. The quantitative estimate of drug-likeness (QED) is 0.676. The van der Waals surface area contributed by atoms with Crippen LogP contribution in [0.25, 0.3) is 11.0 Å². The largest absolute Gasteiger partial charge is 0.356 e. The number of aromatic nitrogens is 3. The molecular weight excluding hydrogens is 404 g/mol. The van der Waals surface area contributed by atoms with Crippen LogP contribution in [0.5, 0.6) is 0 Å². The van der Waals surface area contributed by atoms with E-state index in [9.17, 15) is 14.9 Å². The molecule has 3 heterocycles. The Morgan fingerprint density at radius 3 is 2.47 bits per heavy atom. The fourth-order valence-corrected chi connectivity index (χ4v) is 4.11. The number of fused-ring (bicyclic) bond motifs is 1. The Balaban J connectivity index is 0.00000256. The van der Waals surface area contributed by atoms with Gasteiger partial charge in [-0.05, 0) is 18.5 Å². The summed E-state index contributed by atoms with van der Waals surface area (Å²) in [7, 11) is 3.09. The average molecular weight is 429 g/mol. The third kappa shape index (κ3) is 3.51. The fourth-order valence-electron chi connectivity index (χ4n) is 4.11. The first-order chi connectivity index (χ1) is 14.0. The van der Waals surface area contributed by atoms with Crippen LogP contribution in [0.4, 0.5) is 5.82 Å². The third-order valence-corrected chi connectivity index (χ3v) is 5.56. The van der Waals surface area contributed by atoms with Crippen LogP contribution in [0.3, 0.4) is 0 Å². The van der Waals surface area contributed by atoms with Crippen molar-refractivity contribution in [2.75, 3.05) is 31.1 Å². The van der Waals surface area contributed by atoms with Crippen molar-refractivity contribution in [3.63, 3.8) is 0 Å². The van der Waals surface area contributed by atoms with Crippen molar-refractivity contribution in [3.8, 4) is 6.07 Å². The molecule has 4 rings (SSSR count). The van der Waals surface area contributed by atoms with E-state index in [0.717, 1.165) is 42.7 Å². The highest BCUT2D eigenvalue weighted by molar-refractivity contribution is 5.90. The predicted octanol–water partition coefficient (Wildman–Crippen LogP) is 1.18. The van der Waals surface area contributed by atoms with E-state index in [0.29, 0.717) is 29.0 Å². The van der Waals surface area contributed by atoms with Crippen LogP contribution in [0, 0.1) is 11.3 Å². The Labute approximate surface area is 180 Å². The topological polar surface area (TPSA) is 88.0 Å². The fraction of sp³-hybridized carbons (Fsp3) is 0.381. The summed E-state index contributed by atoms with van der Waals surface area (Å²) in [6.45, 7) is 3.67. The summed E-state index contributed by atoms with van der Waals surface area (Å²) >= 11 is 0. The second-order valence-corrected chi connectivity index (χ2v) is 7.38. The highest BCUT2D eigenvalue weighted by Crippen LogP contribution is 2.31. The molecule has 0 bridgehead atoms. The van der Waals surface area contributed by atoms with Gasteiger partial charge in [0.05, 0.1) is 5.52 Å². The highest BCUT2D eigenvalue weighted by atomic mass is 35.5. The molecular formula is C21H25ClN6O2. The lowest BCUT2D eigenvalue weighted by Gasteiger charge is -2.24. The van der Waals surface area contributed by atoms with E-state index in [-0.39, 0.29) is 18.0 Å². The number of anilines is 1. The molecule has 158 valence electrons. The van der Waals surface area contributed by atoms with E-state index in [1.807, 2.05) is 34.9 Å². The molecule has 2 aromatic heterocycles. The second-order valence-electron chi connectivity index (χ2n) is 7.38. The lowest BCUT2D eigenvalue weighted by molar-refractivity contribution is 0.699. The van der Waals surface area contributed by atoms with Gasteiger partial charge in [0.15, 0.2) is 0 Å². The number of nitrogens with zero attached hydrogens (tertiary/aromatic N) is 5. The Hall–Kier alpha value is -3.02. The third-order valence-electron chi connectivity index (χ3n) is 5.56. The smallest absolute Gasteiger partial charge is 0.331 e. The maximum absolute atomic E-state index is 13.1. The molecule has 0 unspecified atom stereocenters. The molecule has 0 radical (unpaired) electrons. The van der Waals surface area contributed by atoms with E-state index in [1.165, 1.54) is 11.6 Å². The molecule has 30 heavy (non-hydrogen) atoms. The van der Waals surface area contributed by atoms with E-state index in [1.54, 1.807) is 7.05 Å². The average Bonchev–Trinajstić information content (AvgIpc) is 2.87. The van der Waals surface area contributed by atoms with Crippen molar-refractivity contribution in [1.29, 1.82) is 5.26 Å². The van der Waals surface area contributed by atoms with Crippen LogP contribution in [0.15, 0.2) is 39.9 Å². The summed E-state index contributed by atoms with van der Waals surface area (Å²) in [6, 6.07) is 12.1. The Kier molecular flexibility index (Phi) is 6.34. The second kappa shape index (κ2) is 8.78. The summed E-state index contributed by atoms with van der Waals surface area (Å²) in [4.78, 5) is 27.9. The standard InChI is InChI=1S/C21H24N6O2.ClH/c1-24-17-16(13-22)19(26-11-6-9-23-10-12-26)27(14-15-7-4-3-5-8-15)18(17)20(28)25(2)21(24)29;/h3-5,7-8,23H,6,9-12,14H2,1-2H3;1H. The van der Waals surface area contributed by atoms with E-state index < -0.39 is 5.69 Å². The van der Waals surface area contributed by atoms with Gasteiger partial charge in [0, 0.05) is 40.3 Å². The van der Waals surface area contributed by atoms with Crippen molar-refractivity contribution in [2.45, 2.75) is 13.0 Å². The zero-order valence-corrected chi connectivity index (χ0v) is 17.9. The number of nitriles is 1. The summed E-state index contributed by atoms with van der Waals surface area (Å²) in [5.74, 6) is 0.716. The predicted molar refractivity (Wildman–Crippen MR) is 120 cm³/mol. The number of benzene rings is 1. The maximum atomic E-state index is 13.1. The monoisotopic (exact) mass is 428 g/mol. The molecule has 1 saturated heterocycles. The molecule has 1 aliphatic rings. The Bertz CT molecular complexity index is 1210. The molecule has 0 amide bonds. The first kappa shape index (κ1) is 21.7. The first-order valence-electron chi connectivity index (χ1n) is 9.76. The van der Waals surface area contributed by atoms with Gasteiger partial charge in [-0.25, -0.2) is 4.79 Å². The van der Waals surface area contributed by atoms with Gasteiger partial charge in [0.1, 0.15) is 23.0 Å². The van der Waals surface area contributed by atoms with Crippen LogP contribution in [0.1, 0.15) is 17.5 Å². The summed E-state index contributed by atoms with van der Waals surface area (Å²) in [5.41, 5.74) is 1.40. The van der Waals surface area contributed by atoms with Crippen LogP contribution in [0.2, 0.25) is 0 Å².